The van der Waals surface area contributed by atoms with Crippen molar-refractivity contribution in [3.8, 4) is 11.5 Å². The largest absolute Gasteiger partial charge is 0.481 e. The lowest BCUT2D eigenvalue weighted by molar-refractivity contribution is -0.143. The number of carbonyl (C=O) groups excluding carboxylic acids is 4. The number of amides is 1. The molecule has 0 saturated carbocycles. The van der Waals surface area contributed by atoms with Gasteiger partial charge >= 0.3 is 23.9 Å². The summed E-state index contributed by atoms with van der Waals surface area (Å²) in [4.78, 5) is 64.8. The standard InChI is InChI=1S/C30H34N2O10/c1-29(2,18-33)24(25(36)31-16-14-23(34)35)42-27(38)19-10-5-7-12-21(19)40-26(37)20-11-6-8-13-22(20)41-28(39)30(3)15-9-17-32(30)4/h5-13,15,24,33H,14,16-18H2,1-4H3,(H,31,36)(H,34,35)/t24-,30?/m0/s1. The fourth-order valence-electron chi connectivity index (χ4n) is 3.99. The molecular weight excluding hydrogens is 548 g/mol. The fraction of sp³-hybridized carbons (Fsp3) is 0.367. The van der Waals surface area contributed by atoms with Crippen LogP contribution in [0, 0.1) is 5.41 Å². The van der Waals surface area contributed by atoms with E-state index in [2.05, 4.69) is 5.32 Å². The van der Waals surface area contributed by atoms with Gasteiger partial charge in [0.15, 0.2) is 6.10 Å². The molecule has 0 aliphatic carbocycles. The van der Waals surface area contributed by atoms with Gasteiger partial charge in [-0.25, -0.2) is 14.4 Å². The van der Waals surface area contributed by atoms with Gasteiger partial charge in [-0.05, 0) is 38.2 Å². The molecule has 2 aromatic carbocycles. The number of carboxylic acids is 1. The van der Waals surface area contributed by atoms with Crippen LogP contribution in [0.3, 0.4) is 0 Å². The van der Waals surface area contributed by atoms with E-state index in [9.17, 15) is 29.1 Å². The lowest BCUT2D eigenvalue weighted by Crippen LogP contribution is -2.48. The Bertz CT molecular complexity index is 1390. The molecule has 0 radical (unpaired) electrons. The Morgan fingerprint density at radius 2 is 1.55 bits per heavy atom. The van der Waals surface area contributed by atoms with Crippen LogP contribution in [0.5, 0.6) is 11.5 Å². The minimum Gasteiger partial charge on any atom is -0.481 e. The number of hydrogen-bond acceptors (Lipinski definition) is 10. The molecule has 12 nitrogen and oxygen atoms in total. The Balaban J connectivity index is 1.81. The summed E-state index contributed by atoms with van der Waals surface area (Å²) in [7, 11) is 1.77. The zero-order chi connectivity index (χ0) is 31.1. The topological polar surface area (TPSA) is 169 Å². The van der Waals surface area contributed by atoms with Crippen molar-refractivity contribution in [2.75, 3.05) is 26.7 Å². The molecular formula is C30H34N2O10. The van der Waals surface area contributed by atoms with E-state index < -0.39 is 53.4 Å². The minimum atomic E-state index is -1.50. The second-order valence-corrected chi connectivity index (χ2v) is 10.6. The van der Waals surface area contributed by atoms with Crippen molar-refractivity contribution in [3.05, 3.63) is 71.8 Å². The summed E-state index contributed by atoms with van der Waals surface area (Å²) in [6, 6.07) is 11.7. The predicted octanol–water partition coefficient (Wildman–Crippen LogP) is 2.21. The number of benzene rings is 2. The first-order chi connectivity index (χ1) is 19.8. The van der Waals surface area contributed by atoms with E-state index in [1.807, 2.05) is 6.08 Å². The van der Waals surface area contributed by atoms with E-state index in [1.54, 1.807) is 37.1 Å². The summed E-state index contributed by atoms with van der Waals surface area (Å²) in [6.07, 6.45) is 1.70. The summed E-state index contributed by atoms with van der Waals surface area (Å²) < 4.78 is 16.6. The summed E-state index contributed by atoms with van der Waals surface area (Å²) in [6.45, 7) is 4.49. The van der Waals surface area contributed by atoms with Gasteiger partial charge < -0.3 is 29.7 Å². The number of para-hydroxylation sites is 2. The average molecular weight is 583 g/mol. The van der Waals surface area contributed by atoms with Crippen molar-refractivity contribution < 1.29 is 48.4 Å². The van der Waals surface area contributed by atoms with Gasteiger partial charge in [-0.3, -0.25) is 14.5 Å². The number of aliphatic hydroxyl groups excluding tert-OH is 1. The van der Waals surface area contributed by atoms with E-state index >= 15 is 0 Å². The minimum absolute atomic E-state index is 0.0368. The molecule has 0 spiro atoms. The molecule has 3 N–H and O–H groups in total. The number of aliphatic carboxylic acids is 1. The van der Waals surface area contributed by atoms with Crippen LogP contribution in [0.2, 0.25) is 0 Å². The van der Waals surface area contributed by atoms with Crippen LogP contribution in [0.15, 0.2) is 60.7 Å². The SMILES string of the molecule is CN1CC=CC1(C)C(=O)Oc1ccccc1C(=O)Oc1ccccc1C(=O)O[C@@H](C(=O)NCCC(=O)O)C(C)(C)CO. The van der Waals surface area contributed by atoms with Crippen LogP contribution < -0.4 is 14.8 Å². The molecule has 2 atom stereocenters. The number of esters is 3. The first-order valence-electron chi connectivity index (χ1n) is 13.1. The highest BCUT2D eigenvalue weighted by molar-refractivity contribution is 5.99. The number of nitrogens with zero attached hydrogens (tertiary/aromatic N) is 1. The van der Waals surface area contributed by atoms with Gasteiger partial charge in [0.2, 0.25) is 0 Å². The van der Waals surface area contributed by atoms with Gasteiger partial charge in [0.25, 0.3) is 5.91 Å². The molecule has 1 amide bonds. The molecule has 1 aliphatic rings. The van der Waals surface area contributed by atoms with E-state index in [1.165, 1.54) is 50.2 Å². The van der Waals surface area contributed by atoms with Crippen LogP contribution >= 0.6 is 0 Å². The molecule has 1 heterocycles. The maximum Gasteiger partial charge on any atom is 0.347 e. The van der Waals surface area contributed by atoms with Crippen molar-refractivity contribution in [2.45, 2.75) is 38.8 Å². The van der Waals surface area contributed by atoms with E-state index in [-0.39, 0.29) is 35.6 Å². The third kappa shape index (κ3) is 7.39. The molecule has 224 valence electrons. The number of likely N-dealkylation sites (N-methyl/N-ethyl adjacent to an activating group) is 1. The summed E-state index contributed by atoms with van der Waals surface area (Å²) in [5, 5.41) is 21.0. The third-order valence-electron chi connectivity index (χ3n) is 6.87. The monoisotopic (exact) mass is 582 g/mol. The second kappa shape index (κ2) is 13.4. The number of nitrogens with one attached hydrogen (secondary N) is 1. The van der Waals surface area contributed by atoms with Crippen molar-refractivity contribution in [3.63, 3.8) is 0 Å². The number of ether oxygens (including phenoxy) is 3. The molecule has 42 heavy (non-hydrogen) atoms. The summed E-state index contributed by atoms with van der Waals surface area (Å²) in [5.41, 5.74) is -2.52. The van der Waals surface area contributed by atoms with E-state index in [4.69, 9.17) is 19.3 Å². The van der Waals surface area contributed by atoms with Gasteiger partial charge in [0.05, 0.1) is 13.0 Å². The van der Waals surface area contributed by atoms with Gasteiger partial charge in [0.1, 0.15) is 28.2 Å². The Kier molecular flexibility index (Phi) is 10.2. The van der Waals surface area contributed by atoms with Crippen LogP contribution in [0.25, 0.3) is 0 Å². The highest BCUT2D eigenvalue weighted by Gasteiger charge is 2.40. The first kappa shape index (κ1) is 32.0. The Labute approximate surface area is 242 Å². The molecule has 0 fully saturated rings. The van der Waals surface area contributed by atoms with Gasteiger partial charge in [-0.1, -0.05) is 50.3 Å². The molecule has 1 aliphatic heterocycles. The van der Waals surface area contributed by atoms with Crippen LogP contribution in [-0.2, 0) is 19.1 Å². The maximum atomic E-state index is 13.2. The number of carbonyl (C=O) groups is 5. The smallest absolute Gasteiger partial charge is 0.347 e. The van der Waals surface area contributed by atoms with Crippen LogP contribution in [0.4, 0.5) is 0 Å². The van der Waals surface area contributed by atoms with E-state index in [0.717, 1.165) is 0 Å². The Morgan fingerprint density at radius 3 is 2.10 bits per heavy atom. The maximum absolute atomic E-state index is 13.2. The highest BCUT2D eigenvalue weighted by Crippen LogP contribution is 2.29. The second-order valence-electron chi connectivity index (χ2n) is 10.6. The van der Waals surface area contributed by atoms with Crippen molar-refractivity contribution in [2.24, 2.45) is 5.41 Å². The average Bonchev–Trinajstić information content (AvgIpc) is 3.30. The van der Waals surface area contributed by atoms with Gasteiger partial charge in [-0.15, -0.1) is 0 Å². The molecule has 1 unspecified atom stereocenters. The van der Waals surface area contributed by atoms with Crippen molar-refractivity contribution >= 4 is 29.8 Å². The lowest BCUT2D eigenvalue weighted by atomic mass is 9.86. The zero-order valence-electron chi connectivity index (χ0n) is 23.8. The van der Waals surface area contributed by atoms with Gasteiger partial charge in [0, 0.05) is 18.5 Å². The highest BCUT2D eigenvalue weighted by atomic mass is 16.6. The summed E-state index contributed by atoms with van der Waals surface area (Å²) in [5.74, 6) is -4.70. The molecule has 0 aromatic heterocycles. The quantitative estimate of drug-likeness (QED) is 0.191. The lowest BCUT2D eigenvalue weighted by Gasteiger charge is -2.31. The van der Waals surface area contributed by atoms with Crippen molar-refractivity contribution in [1.29, 1.82) is 0 Å². The molecule has 3 rings (SSSR count). The van der Waals surface area contributed by atoms with Gasteiger partial charge in [-0.2, -0.15) is 0 Å². The number of hydrogen-bond donors (Lipinski definition) is 3. The molecule has 2 aromatic rings. The van der Waals surface area contributed by atoms with E-state index in [0.29, 0.717) is 6.54 Å². The normalized spacial score (nSPS) is 17.3. The zero-order valence-corrected chi connectivity index (χ0v) is 23.8. The Morgan fingerprint density at radius 1 is 0.976 bits per heavy atom. The molecule has 0 bridgehead atoms. The van der Waals surface area contributed by atoms with Crippen molar-refractivity contribution in [1.82, 2.24) is 10.2 Å². The predicted molar refractivity (Wildman–Crippen MR) is 149 cm³/mol. The molecule has 0 saturated heterocycles. The summed E-state index contributed by atoms with van der Waals surface area (Å²) >= 11 is 0. The number of aliphatic hydroxyl groups is 1. The molecule has 12 heteroatoms. The third-order valence-corrected chi connectivity index (χ3v) is 6.87. The fourth-order valence-corrected chi connectivity index (χ4v) is 3.99. The number of carboxylic acid groups (broad SMARTS) is 1. The Hall–Kier alpha value is -4.55. The number of rotatable bonds is 12. The first-order valence-corrected chi connectivity index (χ1v) is 13.1. The van der Waals surface area contributed by atoms with Crippen LogP contribution in [0.1, 0.15) is 47.9 Å². The van der Waals surface area contributed by atoms with Crippen LogP contribution in [-0.4, -0.2) is 83.3 Å².